The number of nitrogens with zero attached hydrogens (tertiary/aromatic N) is 1. The van der Waals surface area contributed by atoms with Crippen LogP contribution in [0.1, 0.15) is 34.7 Å². The number of amides is 1. The van der Waals surface area contributed by atoms with Gasteiger partial charge in [-0.3, -0.25) is 4.79 Å². The van der Waals surface area contributed by atoms with Gasteiger partial charge in [-0.15, -0.1) is 0 Å². The highest BCUT2D eigenvalue weighted by Crippen LogP contribution is 2.27. The number of piperidine rings is 1. The van der Waals surface area contributed by atoms with Gasteiger partial charge in [0.15, 0.2) is 0 Å². The molecule has 0 radical (unpaired) electrons. The molecule has 1 aromatic rings. The highest BCUT2D eigenvalue weighted by molar-refractivity contribution is 5.95. The lowest BCUT2D eigenvalue weighted by Gasteiger charge is -2.24. The minimum Gasteiger partial charge on any atom is -0.466 e. The van der Waals surface area contributed by atoms with Gasteiger partial charge in [0.05, 0.1) is 5.56 Å². The Bertz CT molecular complexity index is 452. The third-order valence-corrected chi connectivity index (χ3v) is 4.16. The second kappa shape index (κ2) is 4.43. The maximum Gasteiger partial charge on any atom is 0.257 e. The largest absolute Gasteiger partial charge is 0.466 e. The van der Waals surface area contributed by atoms with Crippen LogP contribution in [0.25, 0.3) is 0 Å². The van der Waals surface area contributed by atoms with Crippen LogP contribution >= 0.6 is 0 Å². The summed E-state index contributed by atoms with van der Waals surface area (Å²) in [6, 6.07) is 2.35. The van der Waals surface area contributed by atoms with E-state index in [-0.39, 0.29) is 5.91 Å². The molecule has 2 aliphatic rings. The molecule has 2 atom stereocenters. The number of hydrogen-bond acceptors (Lipinski definition) is 3. The molecule has 2 fully saturated rings. The molecule has 1 N–H and O–H groups in total. The van der Waals surface area contributed by atoms with Crippen molar-refractivity contribution < 1.29 is 9.21 Å². The lowest BCUT2D eigenvalue weighted by atomic mass is 9.94. The smallest absolute Gasteiger partial charge is 0.257 e. The van der Waals surface area contributed by atoms with Crippen LogP contribution in [0.4, 0.5) is 0 Å². The zero-order valence-electron chi connectivity index (χ0n) is 11.0. The first-order valence-corrected chi connectivity index (χ1v) is 6.75. The van der Waals surface area contributed by atoms with Crippen molar-refractivity contribution in [2.45, 2.75) is 32.7 Å². The molecular formula is C14H20N2O2. The van der Waals surface area contributed by atoms with E-state index < -0.39 is 0 Å². The Labute approximate surface area is 107 Å². The number of furan rings is 1. The predicted molar refractivity (Wildman–Crippen MR) is 68.6 cm³/mol. The predicted octanol–water partition coefficient (Wildman–Crippen LogP) is 1.72. The number of carbonyl (C=O) groups excluding carboxylic acids is 1. The molecular weight excluding hydrogens is 228 g/mol. The Morgan fingerprint density at radius 2 is 2.28 bits per heavy atom. The standard InChI is InChI=1S/C14H20N2O2/c1-9-6-12(10(2)18-9)14(17)16-7-11-4-3-5-15-13(11)8-16/h6,11,13,15H,3-5,7-8H2,1-2H3/t11-,13+/m0/s1. The van der Waals surface area contributed by atoms with Crippen molar-refractivity contribution >= 4 is 5.91 Å². The van der Waals surface area contributed by atoms with Crippen LogP contribution in [-0.2, 0) is 0 Å². The monoisotopic (exact) mass is 248 g/mol. The van der Waals surface area contributed by atoms with Crippen LogP contribution in [0.5, 0.6) is 0 Å². The molecule has 4 heteroatoms. The van der Waals surface area contributed by atoms with Crippen LogP contribution in [0.15, 0.2) is 10.5 Å². The average molecular weight is 248 g/mol. The molecule has 1 amide bonds. The summed E-state index contributed by atoms with van der Waals surface area (Å²) in [5, 5.41) is 3.52. The Morgan fingerprint density at radius 3 is 2.94 bits per heavy atom. The zero-order chi connectivity index (χ0) is 12.7. The van der Waals surface area contributed by atoms with Gasteiger partial charge in [0, 0.05) is 19.1 Å². The van der Waals surface area contributed by atoms with Gasteiger partial charge in [0.2, 0.25) is 0 Å². The van der Waals surface area contributed by atoms with E-state index in [9.17, 15) is 4.79 Å². The van der Waals surface area contributed by atoms with Gasteiger partial charge in [-0.1, -0.05) is 0 Å². The van der Waals surface area contributed by atoms with Crippen molar-refractivity contribution in [3.05, 3.63) is 23.2 Å². The molecule has 3 heterocycles. The van der Waals surface area contributed by atoms with Gasteiger partial charge in [0.25, 0.3) is 5.91 Å². The van der Waals surface area contributed by atoms with Crippen molar-refractivity contribution in [1.29, 1.82) is 0 Å². The molecule has 0 spiro atoms. The Kier molecular flexibility index (Phi) is 2.90. The van der Waals surface area contributed by atoms with Crippen molar-refractivity contribution in [3.63, 3.8) is 0 Å². The molecule has 0 aromatic carbocycles. The molecule has 98 valence electrons. The van der Waals surface area contributed by atoms with Crippen LogP contribution < -0.4 is 5.32 Å². The highest BCUT2D eigenvalue weighted by atomic mass is 16.3. The Hall–Kier alpha value is -1.29. The molecule has 0 unspecified atom stereocenters. The number of nitrogens with one attached hydrogen (secondary N) is 1. The van der Waals surface area contributed by atoms with Crippen molar-refractivity contribution in [2.24, 2.45) is 5.92 Å². The molecule has 0 saturated carbocycles. The van der Waals surface area contributed by atoms with E-state index in [1.165, 1.54) is 12.8 Å². The Morgan fingerprint density at radius 1 is 1.44 bits per heavy atom. The lowest BCUT2D eigenvalue weighted by Crippen LogP contribution is -2.41. The van der Waals surface area contributed by atoms with Gasteiger partial charge in [-0.25, -0.2) is 0 Å². The number of likely N-dealkylation sites (tertiary alicyclic amines) is 1. The lowest BCUT2D eigenvalue weighted by molar-refractivity contribution is 0.0784. The maximum atomic E-state index is 12.5. The molecule has 2 aliphatic heterocycles. The summed E-state index contributed by atoms with van der Waals surface area (Å²) < 4.78 is 5.45. The first kappa shape index (κ1) is 11.8. The molecule has 18 heavy (non-hydrogen) atoms. The molecule has 0 aliphatic carbocycles. The van der Waals surface area contributed by atoms with Gasteiger partial charge in [-0.2, -0.15) is 0 Å². The topological polar surface area (TPSA) is 45.5 Å². The third kappa shape index (κ3) is 1.94. The number of hydrogen-bond donors (Lipinski definition) is 1. The van der Waals surface area contributed by atoms with Gasteiger partial charge >= 0.3 is 0 Å². The molecule has 0 bridgehead atoms. The first-order valence-electron chi connectivity index (χ1n) is 6.75. The van der Waals surface area contributed by atoms with Gasteiger partial charge in [-0.05, 0) is 45.2 Å². The second-order valence-electron chi connectivity index (χ2n) is 5.50. The van der Waals surface area contributed by atoms with E-state index in [1.54, 1.807) is 0 Å². The number of aryl methyl sites for hydroxylation is 2. The molecule has 2 saturated heterocycles. The fourth-order valence-corrected chi connectivity index (χ4v) is 3.23. The van der Waals surface area contributed by atoms with E-state index in [0.29, 0.717) is 12.0 Å². The third-order valence-electron chi connectivity index (χ3n) is 4.16. The summed E-state index contributed by atoms with van der Waals surface area (Å²) in [7, 11) is 0. The Balaban J connectivity index is 1.76. The minimum absolute atomic E-state index is 0.126. The summed E-state index contributed by atoms with van der Waals surface area (Å²) >= 11 is 0. The van der Waals surface area contributed by atoms with Crippen LogP contribution in [0.2, 0.25) is 0 Å². The second-order valence-corrected chi connectivity index (χ2v) is 5.50. The van der Waals surface area contributed by atoms with Crippen molar-refractivity contribution in [1.82, 2.24) is 10.2 Å². The van der Waals surface area contributed by atoms with Gasteiger partial charge in [0.1, 0.15) is 11.5 Å². The summed E-state index contributed by atoms with van der Waals surface area (Å²) in [5.41, 5.74) is 0.728. The maximum absolute atomic E-state index is 12.5. The SMILES string of the molecule is Cc1cc(C(=O)N2C[C@@H]3CCCN[C@@H]3C2)c(C)o1. The summed E-state index contributed by atoms with van der Waals surface area (Å²) in [6.07, 6.45) is 2.47. The van der Waals surface area contributed by atoms with Crippen molar-refractivity contribution in [2.75, 3.05) is 19.6 Å². The van der Waals surface area contributed by atoms with Crippen LogP contribution in [0, 0.1) is 19.8 Å². The number of rotatable bonds is 1. The summed E-state index contributed by atoms with van der Waals surface area (Å²) in [6.45, 7) is 6.57. The van der Waals surface area contributed by atoms with E-state index in [0.717, 1.165) is 36.7 Å². The normalized spacial score (nSPS) is 27.3. The minimum atomic E-state index is 0.126. The highest BCUT2D eigenvalue weighted by Gasteiger charge is 2.37. The van der Waals surface area contributed by atoms with E-state index >= 15 is 0 Å². The average Bonchev–Trinajstić information content (AvgIpc) is 2.91. The first-order chi connectivity index (χ1) is 8.65. The van der Waals surface area contributed by atoms with E-state index in [4.69, 9.17) is 4.42 Å². The fourth-order valence-electron chi connectivity index (χ4n) is 3.23. The van der Waals surface area contributed by atoms with Crippen molar-refractivity contribution in [3.8, 4) is 0 Å². The molecule has 3 rings (SSSR count). The van der Waals surface area contributed by atoms with Gasteiger partial charge < -0.3 is 14.6 Å². The zero-order valence-corrected chi connectivity index (χ0v) is 11.0. The van der Waals surface area contributed by atoms with E-state index in [2.05, 4.69) is 5.32 Å². The quantitative estimate of drug-likeness (QED) is 0.823. The summed E-state index contributed by atoms with van der Waals surface area (Å²) in [4.78, 5) is 14.4. The van der Waals surface area contributed by atoms with Crippen LogP contribution in [0.3, 0.4) is 0 Å². The molecule has 4 nitrogen and oxygen atoms in total. The fraction of sp³-hybridized carbons (Fsp3) is 0.643. The van der Waals surface area contributed by atoms with Crippen LogP contribution in [-0.4, -0.2) is 36.5 Å². The molecule has 1 aromatic heterocycles. The number of fused-ring (bicyclic) bond motifs is 1. The number of carbonyl (C=O) groups is 1. The van der Waals surface area contributed by atoms with E-state index in [1.807, 2.05) is 24.8 Å². The summed E-state index contributed by atoms with van der Waals surface area (Å²) in [5.74, 6) is 2.31.